The molecule has 0 bridgehead atoms. The fourth-order valence-electron chi connectivity index (χ4n) is 2.03. The molecule has 0 aliphatic carbocycles. The van der Waals surface area contributed by atoms with E-state index in [0.29, 0.717) is 17.1 Å². The number of hydrogen-bond donors (Lipinski definition) is 2. The van der Waals surface area contributed by atoms with E-state index in [-0.39, 0.29) is 11.8 Å². The van der Waals surface area contributed by atoms with Gasteiger partial charge in [-0.2, -0.15) is 10.1 Å². The van der Waals surface area contributed by atoms with E-state index in [0.717, 1.165) is 5.69 Å². The first-order chi connectivity index (χ1) is 12.1. The second kappa shape index (κ2) is 7.35. The van der Waals surface area contributed by atoms with Crippen molar-refractivity contribution >= 4 is 29.1 Å². The quantitative estimate of drug-likeness (QED) is 0.690. The number of halogens is 1. The maximum atomic E-state index is 12.9. The molecule has 0 saturated carbocycles. The zero-order chi connectivity index (χ0) is 17.6. The molecule has 2 N–H and O–H groups in total. The zero-order valence-electron chi connectivity index (χ0n) is 13.2. The predicted octanol–water partition coefficient (Wildman–Crippen LogP) is 3.28. The Labute approximate surface area is 142 Å². The van der Waals surface area contributed by atoms with Crippen molar-refractivity contribution in [3.8, 4) is 0 Å². The maximum Gasteiger partial charge on any atom is 0.337 e. The number of carbonyl (C=O) groups excluding carboxylic acids is 1. The topological polar surface area (TPSA) is 89.0 Å². The summed E-state index contributed by atoms with van der Waals surface area (Å²) in [6.45, 7) is 0. The number of benzene rings is 2. The van der Waals surface area contributed by atoms with Crippen molar-refractivity contribution in [2.75, 3.05) is 17.7 Å². The number of hydrogen-bond acceptors (Lipinski definition) is 7. The van der Waals surface area contributed by atoms with E-state index in [2.05, 4.69) is 30.6 Å². The van der Waals surface area contributed by atoms with Crippen LogP contribution in [0.5, 0.6) is 0 Å². The van der Waals surface area contributed by atoms with Gasteiger partial charge in [0.2, 0.25) is 5.95 Å². The summed E-state index contributed by atoms with van der Waals surface area (Å²) >= 11 is 0. The number of nitrogens with zero attached hydrogens (tertiary/aromatic N) is 3. The Balaban J connectivity index is 1.71. The van der Waals surface area contributed by atoms with Crippen molar-refractivity contribution in [1.29, 1.82) is 0 Å². The molecule has 0 spiro atoms. The Morgan fingerprint density at radius 3 is 2.32 bits per heavy atom. The lowest BCUT2D eigenvalue weighted by Crippen LogP contribution is -2.03. The average molecular weight is 339 g/mol. The Bertz CT molecular complexity index is 869. The van der Waals surface area contributed by atoms with Crippen LogP contribution >= 0.6 is 0 Å². The van der Waals surface area contributed by atoms with Crippen molar-refractivity contribution in [3.05, 3.63) is 66.1 Å². The number of esters is 1. The summed E-state index contributed by atoms with van der Waals surface area (Å²) in [5, 5.41) is 13.7. The fraction of sp³-hybridized carbons (Fsp3) is 0.0588. The van der Waals surface area contributed by atoms with Gasteiger partial charge in [-0.15, -0.1) is 5.10 Å². The number of aromatic nitrogens is 3. The van der Waals surface area contributed by atoms with Crippen molar-refractivity contribution in [2.24, 2.45) is 0 Å². The van der Waals surface area contributed by atoms with Gasteiger partial charge < -0.3 is 15.4 Å². The molecule has 25 heavy (non-hydrogen) atoms. The van der Waals surface area contributed by atoms with Gasteiger partial charge in [0.1, 0.15) is 5.82 Å². The lowest BCUT2D eigenvalue weighted by molar-refractivity contribution is 0.0601. The van der Waals surface area contributed by atoms with Crippen molar-refractivity contribution in [3.63, 3.8) is 0 Å². The predicted molar refractivity (Wildman–Crippen MR) is 90.6 cm³/mol. The first-order valence-corrected chi connectivity index (χ1v) is 7.32. The van der Waals surface area contributed by atoms with Crippen molar-refractivity contribution < 1.29 is 13.9 Å². The van der Waals surface area contributed by atoms with Crippen molar-refractivity contribution in [2.45, 2.75) is 0 Å². The van der Waals surface area contributed by atoms with Crippen LogP contribution in [0.4, 0.5) is 27.5 Å². The summed E-state index contributed by atoms with van der Waals surface area (Å²) in [6, 6.07) is 12.5. The average Bonchev–Trinajstić information content (AvgIpc) is 2.64. The lowest BCUT2D eigenvalue weighted by Gasteiger charge is -2.08. The maximum absolute atomic E-state index is 12.9. The summed E-state index contributed by atoms with van der Waals surface area (Å²) in [6.07, 6.45) is 1.46. The van der Waals surface area contributed by atoms with E-state index >= 15 is 0 Å². The molecule has 1 heterocycles. The Kier molecular flexibility index (Phi) is 4.79. The molecule has 0 aliphatic heterocycles. The number of carbonyl (C=O) groups is 1. The number of methoxy groups -OCH3 is 1. The van der Waals surface area contributed by atoms with Crippen LogP contribution in [0, 0.1) is 5.82 Å². The summed E-state index contributed by atoms with van der Waals surface area (Å²) in [5.74, 6) is 0.00432. The van der Waals surface area contributed by atoms with E-state index in [1.54, 1.807) is 36.4 Å². The highest BCUT2D eigenvalue weighted by Gasteiger charge is 2.06. The van der Waals surface area contributed by atoms with Crippen LogP contribution in [-0.2, 0) is 4.74 Å². The smallest absolute Gasteiger partial charge is 0.337 e. The molecular formula is C17H14FN5O2. The molecule has 3 aromatic rings. The van der Waals surface area contributed by atoms with Gasteiger partial charge >= 0.3 is 5.97 Å². The summed E-state index contributed by atoms with van der Waals surface area (Å²) in [4.78, 5) is 15.7. The third-order valence-electron chi connectivity index (χ3n) is 3.24. The first-order valence-electron chi connectivity index (χ1n) is 7.32. The number of ether oxygens (including phenoxy) is 1. The van der Waals surface area contributed by atoms with Crippen LogP contribution in [0.25, 0.3) is 0 Å². The minimum atomic E-state index is -0.402. The van der Waals surface area contributed by atoms with Crippen molar-refractivity contribution in [1.82, 2.24) is 15.2 Å². The monoisotopic (exact) mass is 339 g/mol. The van der Waals surface area contributed by atoms with Gasteiger partial charge in [-0.05, 0) is 48.5 Å². The highest BCUT2D eigenvalue weighted by molar-refractivity contribution is 5.89. The van der Waals surface area contributed by atoms with E-state index in [1.807, 2.05) is 0 Å². The van der Waals surface area contributed by atoms with Crippen LogP contribution in [0.1, 0.15) is 10.4 Å². The molecule has 1 aromatic heterocycles. The van der Waals surface area contributed by atoms with Crippen LogP contribution in [0.2, 0.25) is 0 Å². The van der Waals surface area contributed by atoms with Crippen LogP contribution in [-0.4, -0.2) is 28.3 Å². The number of rotatable bonds is 5. The molecule has 7 nitrogen and oxygen atoms in total. The molecule has 0 amide bonds. The molecule has 0 aliphatic rings. The van der Waals surface area contributed by atoms with Gasteiger partial charge in [-0.3, -0.25) is 0 Å². The minimum Gasteiger partial charge on any atom is -0.465 e. The lowest BCUT2D eigenvalue weighted by atomic mass is 10.2. The highest BCUT2D eigenvalue weighted by Crippen LogP contribution is 2.17. The van der Waals surface area contributed by atoms with Gasteiger partial charge in [-0.1, -0.05) is 0 Å². The standard InChI is InChI=1S/C17H14FN5O2/c1-25-16(24)11-2-6-13(7-3-11)20-15-10-19-23-17(22-15)21-14-8-4-12(18)5-9-14/h2-10H,1H3,(H2,20,21,22,23). The Morgan fingerprint density at radius 2 is 1.64 bits per heavy atom. The normalized spacial score (nSPS) is 10.2. The Hall–Kier alpha value is -3.55. The molecule has 126 valence electrons. The van der Waals surface area contributed by atoms with Crippen LogP contribution < -0.4 is 10.6 Å². The zero-order valence-corrected chi connectivity index (χ0v) is 13.2. The number of anilines is 4. The molecule has 2 aromatic carbocycles. The van der Waals surface area contributed by atoms with Crippen LogP contribution in [0.15, 0.2) is 54.7 Å². The molecule has 0 unspecified atom stereocenters. The fourth-order valence-corrected chi connectivity index (χ4v) is 2.03. The Morgan fingerprint density at radius 1 is 1.00 bits per heavy atom. The van der Waals surface area contributed by atoms with E-state index in [9.17, 15) is 9.18 Å². The minimum absolute atomic E-state index is 0.266. The molecular weight excluding hydrogens is 325 g/mol. The van der Waals surface area contributed by atoms with Crippen LogP contribution in [0.3, 0.4) is 0 Å². The second-order valence-electron chi connectivity index (χ2n) is 4.99. The van der Waals surface area contributed by atoms with Gasteiger partial charge in [0.15, 0.2) is 5.82 Å². The molecule has 0 fully saturated rings. The second-order valence-corrected chi connectivity index (χ2v) is 4.99. The van der Waals surface area contributed by atoms with Gasteiger partial charge in [-0.25, -0.2) is 9.18 Å². The first kappa shape index (κ1) is 16.3. The summed E-state index contributed by atoms with van der Waals surface area (Å²) in [7, 11) is 1.33. The SMILES string of the molecule is COC(=O)c1ccc(Nc2cnnc(Nc3ccc(F)cc3)n2)cc1. The third kappa shape index (κ3) is 4.25. The van der Waals surface area contributed by atoms with E-state index in [1.165, 1.54) is 25.4 Å². The molecule has 0 saturated heterocycles. The summed E-state index contributed by atoms with van der Waals surface area (Å²) in [5.41, 5.74) is 1.82. The largest absolute Gasteiger partial charge is 0.465 e. The van der Waals surface area contributed by atoms with Gasteiger partial charge in [0.05, 0.1) is 18.9 Å². The molecule has 3 rings (SSSR count). The summed E-state index contributed by atoms with van der Waals surface area (Å²) < 4.78 is 17.6. The van der Waals surface area contributed by atoms with Gasteiger partial charge in [0, 0.05) is 11.4 Å². The van der Waals surface area contributed by atoms with E-state index in [4.69, 9.17) is 0 Å². The molecule has 0 radical (unpaired) electrons. The molecule has 8 heteroatoms. The van der Waals surface area contributed by atoms with E-state index < -0.39 is 5.97 Å². The third-order valence-corrected chi connectivity index (χ3v) is 3.24. The van der Waals surface area contributed by atoms with Gasteiger partial charge in [0.25, 0.3) is 0 Å². The number of nitrogens with one attached hydrogen (secondary N) is 2. The molecule has 0 atom stereocenters. The highest BCUT2D eigenvalue weighted by atomic mass is 19.1.